The fraction of sp³-hybridized carbons (Fsp3) is 0.0800. The number of carbonyl (C=O) groups is 1. The Morgan fingerprint density at radius 1 is 0.595 bits per heavy atom. The molecule has 0 spiro atoms. The van der Waals surface area contributed by atoms with E-state index in [1.54, 1.807) is 96.7 Å². The van der Waals surface area contributed by atoms with Gasteiger partial charge in [-0.3, -0.25) is 39.4 Å². The van der Waals surface area contributed by atoms with Crippen molar-refractivity contribution >= 4 is 88.6 Å². The van der Waals surface area contributed by atoms with Crippen LogP contribution in [-0.4, -0.2) is 88.1 Å². The second-order valence-corrected chi connectivity index (χ2v) is 17.1. The minimum Gasteiger partial charge on any atom is -0.396 e. The summed E-state index contributed by atoms with van der Waals surface area (Å²) in [6.45, 7) is 5.07. The fourth-order valence-corrected chi connectivity index (χ4v) is 8.20. The molecule has 0 atom stereocenters. The lowest BCUT2D eigenvalue weighted by Crippen LogP contribution is -2.26. The zero-order valence-electron chi connectivity index (χ0n) is 39.9. The van der Waals surface area contributed by atoms with E-state index in [0.717, 1.165) is 43.7 Å². The van der Waals surface area contributed by atoms with Crippen molar-refractivity contribution in [1.82, 2.24) is 63.8 Å². The minimum atomic E-state index is -4.08. The molecule has 0 saturated carbocycles. The minimum absolute atomic E-state index is 0.0260. The number of nitrogens with two attached hydrogens (primary N) is 4. The van der Waals surface area contributed by atoms with Gasteiger partial charge >= 0.3 is 0 Å². The molecular weight excluding hydrogens is 965 g/mol. The number of benzene rings is 1. The van der Waals surface area contributed by atoms with Crippen molar-refractivity contribution in [1.29, 1.82) is 5.41 Å². The van der Waals surface area contributed by atoms with Crippen molar-refractivity contribution in [3.8, 4) is 0 Å². The fourth-order valence-electron chi connectivity index (χ4n) is 7.27. The Kier molecular flexibility index (Phi) is 16.4. The number of fused-ring (bicyclic) bond motifs is 8. The molecule has 23 nitrogen and oxygen atoms in total. The lowest BCUT2D eigenvalue weighted by molar-refractivity contribution is 0.111. The standard InChI is InChI=1S/C10H8N4O.C10H6N4O.C9H12O3S.C8H8N4.C8H7N3.C5H7N3/c2*15-6-8-12-10-9-7(2-1-4-11-9)3-5-14(10)13-8;1-6-4-7(2)9(8(3)5-6)13(10,11)12;9-8-7-6(2-1-4-11-7)3-5-12(8)10;9-8-7-6(3-5-11-8)2-1-4-10-7;6-4-2-1-3-8-5(4)7/h1-5,15H,6H2;1-6H;4-5H,1-3H3,(H,10,11,12);1-5,9H,10H2;1-5H,(H2,9,11);1-3H,6H2,(H2,7,8). The molecule has 0 unspecified atom stereocenters. The largest absolute Gasteiger partial charge is 0.396 e. The number of aryl methyl sites for hydroxylation is 3. The number of hydrogen-bond donors (Lipinski definition) is 7. The molecule has 11 N–H and O–H groups in total. The number of rotatable bonds is 3. The normalized spacial score (nSPS) is 10.7. The Balaban J connectivity index is 0.000000131. The molecule has 12 rings (SSSR count). The smallest absolute Gasteiger partial charge is 0.295 e. The average Bonchev–Trinajstić information content (AvgIpc) is 4.04. The molecule has 0 aliphatic heterocycles. The van der Waals surface area contributed by atoms with E-state index in [2.05, 4.69) is 50.1 Å². The summed E-state index contributed by atoms with van der Waals surface area (Å²) >= 11 is 0. The molecule has 11 aromatic heterocycles. The number of hydrogen-bond acceptors (Lipinski definition) is 19. The van der Waals surface area contributed by atoms with Gasteiger partial charge in [0, 0.05) is 77.3 Å². The first-order valence-electron chi connectivity index (χ1n) is 22.0. The monoisotopic (exact) mass is 1010 g/mol. The number of pyridine rings is 9. The van der Waals surface area contributed by atoms with Gasteiger partial charge < -0.3 is 28.2 Å². The van der Waals surface area contributed by atoms with Crippen molar-refractivity contribution in [2.75, 3.05) is 23.0 Å². The molecule has 0 fully saturated rings. The molecule has 0 bridgehead atoms. The summed E-state index contributed by atoms with van der Waals surface area (Å²) in [5.41, 5.74) is 23.4. The van der Waals surface area contributed by atoms with Crippen LogP contribution in [0.1, 0.15) is 33.1 Å². The number of carbonyl (C=O) groups excluding carboxylic acids is 1. The Bertz CT molecular complexity index is 4060. The number of nitrogens with zero attached hydrogens (tertiary/aromatic N) is 13. The predicted octanol–water partition coefficient (Wildman–Crippen LogP) is 5.41. The van der Waals surface area contributed by atoms with Crippen LogP contribution in [0.15, 0.2) is 158 Å². The second kappa shape index (κ2) is 23.3. The van der Waals surface area contributed by atoms with Gasteiger partial charge in [-0.25, -0.2) is 29.0 Å². The quantitative estimate of drug-likeness (QED) is 0.0661. The van der Waals surface area contributed by atoms with Crippen molar-refractivity contribution in [3.63, 3.8) is 0 Å². The number of aromatic nitrogens is 13. The van der Waals surface area contributed by atoms with E-state index in [9.17, 15) is 13.2 Å². The first kappa shape index (κ1) is 51.9. The van der Waals surface area contributed by atoms with Crippen LogP contribution in [0.2, 0.25) is 0 Å². The molecule has 0 aliphatic rings. The summed E-state index contributed by atoms with van der Waals surface area (Å²) in [5.74, 6) is 6.94. The van der Waals surface area contributed by atoms with Crippen LogP contribution in [0.25, 0.3) is 54.9 Å². The topological polar surface area (TPSA) is 362 Å². The lowest BCUT2D eigenvalue weighted by atomic mass is 10.1. The summed E-state index contributed by atoms with van der Waals surface area (Å²) in [4.78, 5) is 43.1. The Labute approximate surface area is 421 Å². The number of aliphatic hydroxyl groups is 1. The van der Waals surface area contributed by atoms with E-state index in [4.69, 9.17) is 38.1 Å². The summed E-state index contributed by atoms with van der Waals surface area (Å²) in [6, 6.07) is 29.7. The summed E-state index contributed by atoms with van der Waals surface area (Å²) in [6.07, 6.45) is 15.9. The van der Waals surface area contributed by atoms with Gasteiger partial charge in [-0.05, 0) is 92.6 Å². The highest BCUT2D eigenvalue weighted by Gasteiger charge is 2.16. The van der Waals surface area contributed by atoms with Gasteiger partial charge in [0.05, 0.1) is 10.6 Å². The summed E-state index contributed by atoms with van der Waals surface area (Å²) < 4.78 is 35.2. The van der Waals surface area contributed by atoms with Crippen molar-refractivity contribution in [2.45, 2.75) is 32.3 Å². The van der Waals surface area contributed by atoms with Crippen LogP contribution in [0.3, 0.4) is 0 Å². The molecule has 0 radical (unpaired) electrons. The Morgan fingerprint density at radius 3 is 1.58 bits per heavy atom. The number of aldehydes is 1. The van der Waals surface area contributed by atoms with Gasteiger partial charge in [-0.2, -0.15) is 8.42 Å². The first-order chi connectivity index (χ1) is 35.6. The highest BCUT2D eigenvalue weighted by atomic mass is 32.2. The van der Waals surface area contributed by atoms with Gasteiger partial charge in [0.2, 0.25) is 5.82 Å². The molecule has 24 heteroatoms. The molecule has 374 valence electrons. The third-order valence-corrected chi connectivity index (χ3v) is 11.6. The SMILES string of the molecule is Cc1cc(C)c(S(=O)(=O)O)c(C)c1.N=c1c2ncccc2ccn1N.Nc1cccnc1N.Nc1nccc2cccnc12.O=Cc1nc2c3ncccc3ccn2n1.OCc1nc2c3ncccc3ccn2n1. The van der Waals surface area contributed by atoms with Crippen molar-refractivity contribution < 1.29 is 22.9 Å². The maximum Gasteiger partial charge on any atom is 0.295 e. The molecular formula is C50H48N18O5S. The molecule has 0 amide bonds. The zero-order chi connectivity index (χ0) is 52.9. The zero-order valence-corrected chi connectivity index (χ0v) is 40.7. The Morgan fingerprint density at radius 2 is 1.07 bits per heavy atom. The van der Waals surface area contributed by atoms with Gasteiger partial charge in [0.25, 0.3) is 10.1 Å². The molecule has 0 aliphatic carbocycles. The van der Waals surface area contributed by atoms with E-state index in [1.807, 2.05) is 85.9 Å². The number of aliphatic hydroxyl groups excluding tert-OH is 1. The highest BCUT2D eigenvalue weighted by Crippen LogP contribution is 2.21. The maximum atomic E-state index is 10.9. The molecule has 12 aromatic rings. The van der Waals surface area contributed by atoms with Gasteiger partial charge in [-0.15, -0.1) is 10.2 Å². The predicted molar refractivity (Wildman–Crippen MR) is 281 cm³/mol. The first-order valence-corrected chi connectivity index (χ1v) is 23.5. The van der Waals surface area contributed by atoms with Crippen LogP contribution in [0.4, 0.5) is 17.3 Å². The maximum absolute atomic E-state index is 10.9. The summed E-state index contributed by atoms with van der Waals surface area (Å²) in [7, 11) is -4.08. The Hall–Kier alpha value is -9.91. The van der Waals surface area contributed by atoms with Crippen molar-refractivity contribution in [2.24, 2.45) is 0 Å². The lowest BCUT2D eigenvalue weighted by Gasteiger charge is -2.07. The van der Waals surface area contributed by atoms with Crippen LogP contribution in [0.5, 0.6) is 0 Å². The average molecular weight is 1010 g/mol. The van der Waals surface area contributed by atoms with Crippen LogP contribution in [0, 0.1) is 26.2 Å². The number of anilines is 3. The van der Waals surface area contributed by atoms with Crippen molar-refractivity contribution in [3.05, 3.63) is 187 Å². The number of nitrogens with one attached hydrogen (secondary N) is 1. The number of nitrogen functional groups attached to an aromatic ring is 4. The van der Waals surface area contributed by atoms with Crippen LogP contribution < -0.4 is 28.5 Å². The molecule has 74 heavy (non-hydrogen) atoms. The van der Waals surface area contributed by atoms with E-state index in [0.29, 0.717) is 57.4 Å². The second-order valence-electron chi connectivity index (χ2n) is 15.8. The molecule has 11 heterocycles. The van der Waals surface area contributed by atoms with Gasteiger partial charge in [0.15, 0.2) is 28.9 Å². The summed E-state index contributed by atoms with van der Waals surface area (Å²) in [5, 5.41) is 28.6. The highest BCUT2D eigenvalue weighted by molar-refractivity contribution is 7.86. The van der Waals surface area contributed by atoms with E-state index in [1.165, 1.54) is 4.68 Å². The molecule has 1 aromatic carbocycles. The van der Waals surface area contributed by atoms with Crippen LogP contribution >= 0.6 is 0 Å². The van der Waals surface area contributed by atoms with Gasteiger partial charge in [-0.1, -0.05) is 42.0 Å². The van der Waals surface area contributed by atoms with E-state index < -0.39 is 10.1 Å². The van der Waals surface area contributed by atoms with E-state index >= 15 is 0 Å². The third kappa shape index (κ3) is 12.5. The third-order valence-electron chi connectivity index (χ3n) is 10.5. The van der Waals surface area contributed by atoms with Gasteiger partial charge in [0.1, 0.15) is 40.3 Å². The molecule has 0 saturated heterocycles. The van der Waals surface area contributed by atoms with E-state index in [-0.39, 0.29) is 22.8 Å². The van der Waals surface area contributed by atoms with Crippen LogP contribution in [-0.2, 0) is 16.7 Å².